The molecule has 0 aromatic heterocycles. The van der Waals surface area contributed by atoms with E-state index in [1.165, 1.54) is 11.1 Å². The van der Waals surface area contributed by atoms with Gasteiger partial charge in [0.1, 0.15) is 5.75 Å². The first-order valence-electron chi connectivity index (χ1n) is 7.36. The molecule has 1 aromatic rings. The summed E-state index contributed by atoms with van der Waals surface area (Å²) in [6.45, 7) is 14.9. The van der Waals surface area contributed by atoms with E-state index in [1.54, 1.807) is 0 Å². The Bertz CT molecular complexity index is 393. The highest BCUT2D eigenvalue weighted by Gasteiger charge is 2.28. The third-order valence-corrected chi connectivity index (χ3v) is 3.24. The van der Waals surface area contributed by atoms with Crippen LogP contribution in [0.25, 0.3) is 0 Å². The van der Waals surface area contributed by atoms with E-state index in [-0.39, 0.29) is 5.41 Å². The Balaban J connectivity index is 3.15. The summed E-state index contributed by atoms with van der Waals surface area (Å²) in [5.41, 5.74) is 2.73. The third-order valence-electron chi connectivity index (χ3n) is 3.24. The van der Waals surface area contributed by atoms with Gasteiger partial charge in [-0.25, -0.2) is 0 Å². The average molecular weight is 263 g/mol. The van der Waals surface area contributed by atoms with Gasteiger partial charge < -0.3 is 10.1 Å². The number of hydrogen-bond donors (Lipinski definition) is 1. The van der Waals surface area contributed by atoms with Crippen LogP contribution < -0.4 is 10.1 Å². The molecule has 0 amide bonds. The summed E-state index contributed by atoms with van der Waals surface area (Å²) >= 11 is 0. The lowest BCUT2D eigenvalue weighted by Gasteiger charge is -2.33. The van der Waals surface area contributed by atoms with Gasteiger partial charge in [-0.2, -0.15) is 0 Å². The number of aryl methyl sites for hydroxylation is 1. The maximum Gasteiger partial charge on any atom is 0.124 e. The van der Waals surface area contributed by atoms with Crippen molar-refractivity contribution >= 4 is 0 Å². The zero-order valence-electron chi connectivity index (χ0n) is 13.3. The first-order chi connectivity index (χ1) is 8.90. The number of hydrogen-bond acceptors (Lipinski definition) is 2. The van der Waals surface area contributed by atoms with Gasteiger partial charge in [-0.15, -0.1) is 0 Å². The van der Waals surface area contributed by atoms with Crippen molar-refractivity contribution < 1.29 is 4.74 Å². The third kappa shape index (κ3) is 4.54. The molecular weight excluding hydrogens is 234 g/mol. The zero-order chi connectivity index (χ0) is 14.5. The Labute approximate surface area is 118 Å². The molecule has 0 spiro atoms. The van der Waals surface area contributed by atoms with Gasteiger partial charge in [0.25, 0.3) is 0 Å². The summed E-state index contributed by atoms with van der Waals surface area (Å²) in [6.07, 6.45) is 1.14. The average Bonchev–Trinajstić information content (AvgIpc) is 2.31. The van der Waals surface area contributed by atoms with Crippen LogP contribution in [-0.4, -0.2) is 13.2 Å². The molecule has 108 valence electrons. The zero-order valence-corrected chi connectivity index (χ0v) is 13.3. The van der Waals surface area contributed by atoms with Gasteiger partial charge in [-0.3, -0.25) is 0 Å². The van der Waals surface area contributed by atoms with Crippen molar-refractivity contribution in [2.24, 2.45) is 5.41 Å². The predicted molar refractivity (Wildman–Crippen MR) is 82.8 cm³/mol. The molecule has 0 saturated heterocycles. The number of benzene rings is 1. The monoisotopic (exact) mass is 263 g/mol. The Morgan fingerprint density at radius 2 is 1.89 bits per heavy atom. The molecule has 0 saturated carbocycles. The SMILES string of the molecule is CCCNC(c1cc(C)ccc1OCC)C(C)(C)C. The molecule has 1 atom stereocenters. The Kier molecular flexibility index (Phi) is 5.86. The molecule has 0 fully saturated rings. The minimum Gasteiger partial charge on any atom is -0.494 e. The fraction of sp³-hybridized carbons (Fsp3) is 0.647. The van der Waals surface area contributed by atoms with E-state index in [0.29, 0.717) is 12.6 Å². The van der Waals surface area contributed by atoms with E-state index in [2.05, 4.69) is 58.1 Å². The summed E-state index contributed by atoms with van der Waals surface area (Å²) in [6, 6.07) is 6.78. The first kappa shape index (κ1) is 16.0. The fourth-order valence-corrected chi connectivity index (χ4v) is 2.35. The van der Waals surface area contributed by atoms with Gasteiger partial charge in [0, 0.05) is 11.6 Å². The molecule has 0 heterocycles. The summed E-state index contributed by atoms with van der Waals surface area (Å²) in [5, 5.41) is 3.67. The molecule has 19 heavy (non-hydrogen) atoms. The van der Waals surface area contributed by atoms with Crippen molar-refractivity contribution in [3.05, 3.63) is 29.3 Å². The minimum absolute atomic E-state index is 0.162. The molecule has 0 radical (unpaired) electrons. The Morgan fingerprint density at radius 3 is 2.42 bits per heavy atom. The van der Waals surface area contributed by atoms with Crippen molar-refractivity contribution in [2.75, 3.05) is 13.2 Å². The number of nitrogens with one attached hydrogen (secondary N) is 1. The molecule has 1 N–H and O–H groups in total. The van der Waals surface area contributed by atoms with Gasteiger partial charge in [-0.05, 0) is 38.3 Å². The highest BCUT2D eigenvalue weighted by atomic mass is 16.5. The normalized spacial score (nSPS) is 13.4. The first-order valence-corrected chi connectivity index (χ1v) is 7.36. The number of rotatable bonds is 6. The fourth-order valence-electron chi connectivity index (χ4n) is 2.35. The van der Waals surface area contributed by atoms with E-state index in [1.807, 2.05) is 6.92 Å². The van der Waals surface area contributed by atoms with Crippen LogP contribution in [0, 0.1) is 12.3 Å². The van der Waals surface area contributed by atoms with Crippen LogP contribution in [-0.2, 0) is 0 Å². The second kappa shape index (κ2) is 6.95. The summed E-state index contributed by atoms with van der Waals surface area (Å²) in [4.78, 5) is 0. The highest BCUT2D eigenvalue weighted by molar-refractivity contribution is 5.40. The quantitative estimate of drug-likeness (QED) is 0.817. The van der Waals surface area contributed by atoms with Crippen LogP contribution in [0.2, 0.25) is 0 Å². The van der Waals surface area contributed by atoms with Crippen LogP contribution in [0.4, 0.5) is 0 Å². The summed E-state index contributed by atoms with van der Waals surface area (Å²) in [5.74, 6) is 1.01. The lowest BCUT2D eigenvalue weighted by molar-refractivity contribution is 0.259. The highest BCUT2D eigenvalue weighted by Crippen LogP contribution is 2.38. The summed E-state index contributed by atoms with van der Waals surface area (Å²) < 4.78 is 5.81. The maximum atomic E-state index is 5.81. The van der Waals surface area contributed by atoms with Gasteiger partial charge in [0.2, 0.25) is 0 Å². The van der Waals surface area contributed by atoms with E-state index < -0.39 is 0 Å². The molecule has 1 aromatic carbocycles. The number of ether oxygens (including phenoxy) is 1. The molecule has 2 heteroatoms. The topological polar surface area (TPSA) is 21.3 Å². The van der Waals surface area contributed by atoms with Crippen molar-refractivity contribution in [1.29, 1.82) is 0 Å². The van der Waals surface area contributed by atoms with Crippen molar-refractivity contribution in [2.45, 2.75) is 54.0 Å². The molecule has 1 rings (SSSR count). The lowest BCUT2D eigenvalue weighted by atomic mass is 9.81. The Hall–Kier alpha value is -1.02. The predicted octanol–water partition coefficient (Wildman–Crippen LogP) is 4.48. The lowest BCUT2D eigenvalue weighted by Crippen LogP contribution is -2.33. The molecule has 0 aliphatic heterocycles. The summed E-state index contributed by atoms with van der Waals surface area (Å²) in [7, 11) is 0. The van der Waals surface area contributed by atoms with Crippen molar-refractivity contribution in [3.63, 3.8) is 0 Å². The second-order valence-electron chi connectivity index (χ2n) is 6.23. The minimum atomic E-state index is 0.162. The van der Waals surface area contributed by atoms with Crippen LogP contribution >= 0.6 is 0 Å². The van der Waals surface area contributed by atoms with E-state index >= 15 is 0 Å². The van der Waals surface area contributed by atoms with Gasteiger partial charge in [0.05, 0.1) is 6.61 Å². The van der Waals surface area contributed by atoms with Gasteiger partial charge in [-0.1, -0.05) is 45.4 Å². The van der Waals surface area contributed by atoms with Crippen LogP contribution in [0.15, 0.2) is 18.2 Å². The van der Waals surface area contributed by atoms with Gasteiger partial charge >= 0.3 is 0 Å². The molecule has 0 aliphatic carbocycles. The molecule has 2 nitrogen and oxygen atoms in total. The van der Waals surface area contributed by atoms with Gasteiger partial charge in [0.15, 0.2) is 0 Å². The molecule has 0 aliphatic rings. The standard InChI is InChI=1S/C17H29NO/c1-7-11-18-16(17(4,5)6)14-12-13(3)9-10-15(14)19-8-2/h9-10,12,16,18H,7-8,11H2,1-6H3. The molecule has 0 bridgehead atoms. The van der Waals surface area contributed by atoms with Crippen LogP contribution in [0.5, 0.6) is 5.75 Å². The molecule has 1 unspecified atom stereocenters. The van der Waals surface area contributed by atoms with Crippen molar-refractivity contribution in [1.82, 2.24) is 5.32 Å². The van der Waals surface area contributed by atoms with E-state index in [9.17, 15) is 0 Å². The smallest absolute Gasteiger partial charge is 0.124 e. The maximum absolute atomic E-state index is 5.81. The van der Waals surface area contributed by atoms with Crippen LogP contribution in [0.1, 0.15) is 58.2 Å². The van der Waals surface area contributed by atoms with E-state index in [4.69, 9.17) is 4.74 Å². The van der Waals surface area contributed by atoms with E-state index in [0.717, 1.165) is 18.7 Å². The van der Waals surface area contributed by atoms with Crippen LogP contribution in [0.3, 0.4) is 0 Å². The Morgan fingerprint density at radius 1 is 1.21 bits per heavy atom. The van der Waals surface area contributed by atoms with Crippen molar-refractivity contribution in [3.8, 4) is 5.75 Å². The molecular formula is C17H29NO. The largest absolute Gasteiger partial charge is 0.494 e. The second-order valence-corrected chi connectivity index (χ2v) is 6.23.